The Balaban J connectivity index is 1.82. The molecule has 0 radical (unpaired) electrons. The first kappa shape index (κ1) is 15.8. The molecule has 25 heavy (non-hydrogen) atoms. The molecule has 0 unspecified atom stereocenters. The van der Waals surface area contributed by atoms with Crippen molar-refractivity contribution >= 4 is 39.0 Å². The van der Waals surface area contributed by atoms with Gasteiger partial charge >= 0.3 is 0 Å². The molecule has 1 amide bonds. The summed E-state index contributed by atoms with van der Waals surface area (Å²) in [5.41, 5.74) is 4.09. The fourth-order valence-electron chi connectivity index (χ4n) is 3.49. The van der Waals surface area contributed by atoms with Crippen LogP contribution in [0.4, 0.5) is 5.13 Å². The molecule has 3 N–H and O–H groups in total. The van der Waals surface area contributed by atoms with Crippen LogP contribution in [0.25, 0.3) is 10.9 Å². The van der Waals surface area contributed by atoms with E-state index in [1.165, 1.54) is 11.3 Å². The SMILES string of the molecule is CC1(C)CC/C(=N/O)c2[nH]c3ccc(C(=O)Nc4nccs4)cc3c21. The van der Waals surface area contributed by atoms with Crippen molar-refractivity contribution in [2.24, 2.45) is 5.16 Å². The van der Waals surface area contributed by atoms with Gasteiger partial charge in [0.2, 0.25) is 0 Å². The van der Waals surface area contributed by atoms with Crippen LogP contribution in [0.15, 0.2) is 34.9 Å². The summed E-state index contributed by atoms with van der Waals surface area (Å²) in [6.45, 7) is 4.35. The van der Waals surface area contributed by atoms with Crippen molar-refractivity contribution in [3.05, 3.63) is 46.6 Å². The number of hydrogen-bond donors (Lipinski definition) is 3. The van der Waals surface area contributed by atoms with E-state index in [0.717, 1.165) is 35.0 Å². The lowest BCUT2D eigenvalue weighted by atomic mass is 9.73. The van der Waals surface area contributed by atoms with Gasteiger partial charge in [-0.2, -0.15) is 0 Å². The van der Waals surface area contributed by atoms with Crippen molar-refractivity contribution in [2.75, 3.05) is 5.32 Å². The molecule has 0 spiro atoms. The summed E-state index contributed by atoms with van der Waals surface area (Å²) in [5, 5.41) is 19.0. The van der Waals surface area contributed by atoms with Crippen LogP contribution in [0.3, 0.4) is 0 Å². The molecule has 1 aliphatic carbocycles. The minimum Gasteiger partial charge on any atom is -0.411 e. The molecule has 7 heteroatoms. The zero-order valence-electron chi connectivity index (χ0n) is 14.0. The van der Waals surface area contributed by atoms with E-state index < -0.39 is 0 Å². The second-order valence-electron chi connectivity index (χ2n) is 6.86. The molecule has 2 heterocycles. The van der Waals surface area contributed by atoms with Gasteiger partial charge in [0.25, 0.3) is 5.91 Å². The summed E-state index contributed by atoms with van der Waals surface area (Å²) in [4.78, 5) is 19.9. The van der Waals surface area contributed by atoms with Gasteiger partial charge < -0.3 is 10.2 Å². The number of benzene rings is 1. The van der Waals surface area contributed by atoms with E-state index in [4.69, 9.17) is 0 Å². The van der Waals surface area contributed by atoms with Gasteiger partial charge in [0.1, 0.15) is 5.71 Å². The maximum atomic E-state index is 12.5. The fraction of sp³-hybridized carbons (Fsp3) is 0.278. The number of oxime groups is 1. The number of carbonyl (C=O) groups is 1. The van der Waals surface area contributed by atoms with Crippen LogP contribution in [0, 0.1) is 0 Å². The predicted molar refractivity (Wildman–Crippen MR) is 98.9 cm³/mol. The van der Waals surface area contributed by atoms with Crippen molar-refractivity contribution in [1.29, 1.82) is 0 Å². The van der Waals surface area contributed by atoms with Gasteiger partial charge in [-0.15, -0.1) is 11.3 Å². The topological polar surface area (TPSA) is 90.4 Å². The number of H-pyrrole nitrogens is 1. The average molecular weight is 354 g/mol. The second-order valence-corrected chi connectivity index (χ2v) is 7.75. The Morgan fingerprint density at radius 2 is 2.28 bits per heavy atom. The minimum absolute atomic E-state index is 0.0633. The van der Waals surface area contributed by atoms with Gasteiger partial charge in [0.15, 0.2) is 5.13 Å². The molecule has 0 bridgehead atoms. The molecule has 0 fully saturated rings. The zero-order valence-corrected chi connectivity index (χ0v) is 14.8. The number of fused-ring (bicyclic) bond motifs is 3. The Labute approximate surface area is 148 Å². The van der Waals surface area contributed by atoms with Crippen molar-refractivity contribution < 1.29 is 10.0 Å². The highest BCUT2D eigenvalue weighted by atomic mass is 32.1. The third kappa shape index (κ3) is 2.60. The van der Waals surface area contributed by atoms with Gasteiger partial charge in [-0.3, -0.25) is 10.1 Å². The molecule has 0 saturated heterocycles. The van der Waals surface area contributed by atoms with Crippen molar-refractivity contribution in [1.82, 2.24) is 9.97 Å². The molecule has 3 aromatic rings. The lowest BCUT2D eigenvalue weighted by Crippen LogP contribution is -2.27. The minimum atomic E-state index is -0.184. The number of aromatic amines is 1. The predicted octanol–water partition coefficient (Wildman–Crippen LogP) is 4.13. The van der Waals surface area contributed by atoms with E-state index in [1.54, 1.807) is 12.3 Å². The van der Waals surface area contributed by atoms with Crippen LogP contribution >= 0.6 is 11.3 Å². The molecular formula is C18H18N4O2S. The van der Waals surface area contributed by atoms with Crippen molar-refractivity contribution in [3.8, 4) is 0 Å². The number of nitrogens with zero attached hydrogens (tertiary/aromatic N) is 2. The van der Waals surface area contributed by atoms with Crippen LogP contribution in [-0.2, 0) is 5.41 Å². The molecule has 6 nitrogen and oxygen atoms in total. The molecule has 1 aromatic carbocycles. The Morgan fingerprint density at radius 3 is 3.00 bits per heavy atom. The van der Waals surface area contributed by atoms with Crippen LogP contribution in [0.2, 0.25) is 0 Å². The highest BCUT2D eigenvalue weighted by Crippen LogP contribution is 2.41. The lowest BCUT2D eigenvalue weighted by Gasteiger charge is -2.30. The van der Waals surface area contributed by atoms with E-state index in [2.05, 4.69) is 34.3 Å². The van der Waals surface area contributed by atoms with Crippen LogP contribution in [0.5, 0.6) is 0 Å². The van der Waals surface area contributed by atoms with Crippen molar-refractivity contribution in [3.63, 3.8) is 0 Å². The van der Waals surface area contributed by atoms with Gasteiger partial charge in [0.05, 0.1) is 5.69 Å². The molecule has 0 aliphatic heterocycles. The molecule has 4 rings (SSSR count). The summed E-state index contributed by atoms with van der Waals surface area (Å²) in [7, 11) is 0. The Kier molecular flexibility index (Phi) is 3.61. The fourth-order valence-corrected chi connectivity index (χ4v) is 4.01. The second kappa shape index (κ2) is 5.70. The van der Waals surface area contributed by atoms with Crippen LogP contribution in [0.1, 0.15) is 48.3 Å². The number of thiazole rings is 1. The number of nitrogens with one attached hydrogen (secondary N) is 2. The maximum absolute atomic E-state index is 12.5. The molecule has 1 aliphatic rings. The van der Waals surface area contributed by atoms with E-state index in [0.29, 0.717) is 16.4 Å². The first-order valence-corrected chi connectivity index (χ1v) is 8.96. The van der Waals surface area contributed by atoms with E-state index >= 15 is 0 Å². The quantitative estimate of drug-likeness (QED) is 0.477. The normalized spacial score (nSPS) is 17.6. The monoisotopic (exact) mass is 354 g/mol. The summed E-state index contributed by atoms with van der Waals surface area (Å²) in [5.74, 6) is -0.184. The molecular weight excluding hydrogens is 336 g/mol. The van der Waals surface area contributed by atoms with Gasteiger partial charge in [-0.05, 0) is 42.0 Å². The molecule has 0 atom stereocenters. The highest BCUT2D eigenvalue weighted by molar-refractivity contribution is 7.13. The molecule has 128 valence electrons. The largest absolute Gasteiger partial charge is 0.411 e. The van der Waals surface area contributed by atoms with Crippen LogP contribution in [-0.4, -0.2) is 26.8 Å². The van der Waals surface area contributed by atoms with E-state index in [9.17, 15) is 10.0 Å². The van der Waals surface area contributed by atoms with Gasteiger partial charge in [0, 0.05) is 28.0 Å². The summed E-state index contributed by atoms with van der Waals surface area (Å²) < 4.78 is 0. The zero-order chi connectivity index (χ0) is 17.6. The standard InChI is InChI=1S/C18H18N4O2S/c1-18(2)6-5-13(22-24)15-14(18)11-9-10(3-4-12(11)20-15)16(23)21-17-19-7-8-25-17/h3-4,7-9,20,24H,5-6H2,1-2H3,(H,19,21,23)/b22-13-. The number of aromatic nitrogens is 2. The average Bonchev–Trinajstić information content (AvgIpc) is 3.21. The number of hydrogen-bond acceptors (Lipinski definition) is 5. The van der Waals surface area contributed by atoms with Crippen molar-refractivity contribution in [2.45, 2.75) is 32.1 Å². The summed E-state index contributed by atoms with van der Waals surface area (Å²) in [6.07, 6.45) is 3.27. The highest BCUT2D eigenvalue weighted by Gasteiger charge is 2.34. The Morgan fingerprint density at radius 1 is 1.44 bits per heavy atom. The Hall–Kier alpha value is -2.67. The summed E-state index contributed by atoms with van der Waals surface area (Å²) in [6, 6.07) is 5.58. The Bertz CT molecular complexity index is 986. The van der Waals surface area contributed by atoms with E-state index in [-0.39, 0.29) is 11.3 Å². The first-order chi connectivity index (χ1) is 12.0. The lowest BCUT2D eigenvalue weighted by molar-refractivity contribution is 0.102. The number of amides is 1. The van der Waals surface area contributed by atoms with Gasteiger partial charge in [-0.25, -0.2) is 4.98 Å². The number of carbonyl (C=O) groups excluding carboxylic acids is 1. The van der Waals surface area contributed by atoms with Gasteiger partial charge in [-0.1, -0.05) is 19.0 Å². The maximum Gasteiger partial charge on any atom is 0.257 e. The van der Waals surface area contributed by atoms with Crippen LogP contribution < -0.4 is 5.32 Å². The molecule has 0 saturated carbocycles. The first-order valence-electron chi connectivity index (χ1n) is 8.08. The number of anilines is 1. The third-order valence-corrected chi connectivity index (χ3v) is 5.47. The summed E-state index contributed by atoms with van der Waals surface area (Å²) >= 11 is 1.38. The smallest absolute Gasteiger partial charge is 0.257 e. The number of rotatable bonds is 2. The van der Waals surface area contributed by atoms with E-state index in [1.807, 2.05) is 17.5 Å². The third-order valence-electron chi connectivity index (χ3n) is 4.79. The molecule has 2 aromatic heterocycles.